The van der Waals surface area contributed by atoms with Crippen LogP contribution in [0.2, 0.25) is 0 Å². The second-order valence-corrected chi connectivity index (χ2v) is 1.46. The molecule has 0 aliphatic carbocycles. The quantitative estimate of drug-likeness (QED) is 0.346. The average Bonchev–Trinajstić information content (AvgIpc) is 1.65. The maximum absolute atomic E-state index is 9.63. The van der Waals surface area contributed by atoms with Gasteiger partial charge in [0.2, 0.25) is 0 Å². The molecular weight excluding hydrogens is 119 g/mol. The fourth-order valence-corrected chi connectivity index (χ4v) is 0.100. The Hall–Kier alpha value is -0.0200. The van der Waals surface area contributed by atoms with Gasteiger partial charge >= 0.3 is 8.25 Å². The summed E-state index contributed by atoms with van der Waals surface area (Å²) in [6.45, 7) is 0. The molecule has 1 atom stereocenters. The fraction of sp³-hybridized carbons (Fsp3) is 1.00. The Bertz CT molecular complexity index is 47.7. The summed E-state index contributed by atoms with van der Waals surface area (Å²) in [5.74, 6) is 0. The molecule has 1 N–H and O–H groups in total. The number of hydrogen-bond acceptors (Lipinski definition) is 4. The van der Waals surface area contributed by atoms with Crippen molar-refractivity contribution in [3.05, 3.63) is 0 Å². The van der Waals surface area contributed by atoms with Crippen molar-refractivity contribution in [1.29, 1.82) is 0 Å². The molecule has 0 radical (unpaired) electrons. The predicted octanol–water partition coefficient (Wildman–Crippen LogP) is 1.42. The molecule has 0 aromatic heterocycles. The first-order chi connectivity index (χ1) is 2.81. The van der Waals surface area contributed by atoms with Gasteiger partial charge in [0.15, 0.2) is 0 Å². The summed E-state index contributed by atoms with van der Waals surface area (Å²) >= 11 is 0. The summed E-state index contributed by atoms with van der Waals surface area (Å²) in [4.78, 5) is 0. The van der Waals surface area contributed by atoms with Gasteiger partial charge in [-0.2, -0.15) is 0 Å². The zero-order valence-electron chi connectivity index (χ0n) is 3.12. The van der Waals surface area contributed by atoms with Crippen molar-refractivity contribution in [2.24, 2.45) is 0 Å². The van der Waals surface area contributed by atoms with Crippen molar-refractivity contribution in [1.82, 2.24) is 0 Å². The van der Waals surface area contributed by atoms with Crippen LogP contribution in [-0.2, 0) is 13.8 Å². The molecule has 4 nitrogen and oxygen atoms in total. The van der Waals surface area contributed by atoms with E-state index in [1.807, 2.05) is 0 Å². The van der Waals surface area contributed by atoms with Crippen molar-refractivity contribution >= 4 is 8.25 Å². The molecule has 0 heterocycles. The van der Waals surface area contributed by atoms with Gasteiger partial charge in [-0.25, -0.2) is 5.26 Å². The number of rotatable bonds is 2. The lowest BCUT2D eigenvalue weighted by molar-refractivity contribution is -0.140. The van der Waals surface area contributed by atoms with E-state index < -0.39 is 8.25 Å². The zero-order chi connectivity index (χ0) is 4.99. The summed E-state index contributed by atoms with van der Waals surface area (Å²) in [5.41, 5.74) is 0. The third-order valence-electron chi connectivity index (χ3n) is 0.216. The summed E-state index contributed by atoms with van der Waals surface area (Å²) in [6, 6.07) is 0. The van der Waals surface area contributed by atoms with Crippen molar-refractivity contribution < 1.29 is 19.0 Å². The zero-order valence-corrected chi connectivity index (χ0v) is 4.01. The molecule has 0 aromatic carbocycles. The van der Waals surface area contributed by atoms with Gasteiger partial charge in [0.25, 0.3) is 0 Å². The van der Waals surface area contributed by atoms with Crippen LogP contribution in [0.4, 0.5) is 0 Å². The Kier molecular flexibility index (Phi) is 8.60. The molecule has 0 aliphatic heterocycles. The van der Waals surface area contributed by atoms with Crippen LogP contribution in [0.15, 0.2) is 0 Å². The molecule has 0 bridgehead atoms. The Morgan fingerprint density at radius 2 is 2.14 bits per heavy atom. The summed E-state index contributed by atoms with van der Waals surface area (Å²) < 4.78 is 16.8. The summed E-state index contributed by atoms with van der Waals surface area (Å²) in [6.07, 6.45) is 0. The van der Waals surface area contributed by atoms with Gasteiger partial charge in [-0.3, -0.25) is 0 Å². The topological polar surface area (TPSA) is 55.8 Å². The average molecular weight is 127 g/mol. The van der Waals surface area contributed by atoms with E-state index in [0.717, 1.165) is 7.11 Å². The van der Waals surface area contributed by atoms with Crippen LogP contribution in [0.1, 0.15) is 7.43 Å². The van der Waals surface area contributed by atoms with Gasteiger partial charge in [-0.15, -0.1) is 4.52 Å². The van der Waals surface area contributed by atoms with Crippen molar-refractivity contribution in [3.63, 3.8) is 0 Å². The number of hydrogen-bond donors (Lipinski definition) is 1. The molecule has 0 fully saturated rings. The third-order valence-corrected chi connectivity index (χ3v) is 0.647. The molecular formula is C2H8O4P+. The van der Waals surface area contributed by atoms with E-state index in [4.69, 9.17) is 5.26 Å². The highest BCUT2D eigenvalue weighted by Crippen LogP contribution is 2.17. The smallest absolute Gasteiger partial charge is 0.202 e. The van der Waals surface area contributed by atoms with E-state index in [1.165, 1.54) is 0 Å². The van der Waals surface area contributed by atoms with Crippen LogP contribution in [0.5, 0.6) is 0 Å². The Labute approximate surface area is 42.9 Å². The SMILES string of the molecule is C.CO[P+](=O)OO. The van der Waals surface area contributed by atoms with Crippen molar-refractivity contribution in [2.75, 3.05) is 7.11 Å². The highest BCUT2D eigenvalue weighted by atomic mass is 31.1. The van der Waals surface area contributed by atoms with E-state index in [-0.39, 0.29) is 7.43 Å². The monoisotopic (exact) mass is 127 g/mol. The van der Waals surface area contributed by atoms with E-state index >= 15 is 0 Å². The first kappa shape index (κ1) is 10.1. The molecule has 0 aliphatic rings. The Morgan fingerprint density at radius 1 is 1.71 bits per heavy atom. The molecule has 7 heavy (non-hydrogen) atoms. The second-order valence-electron chi connectivity index (χ2n) is 0.488. The van der Waals surface area contributed by atoms with Gasteiger partial charge < -0.3 is 0 Å². The van der Waals surface area contributed by atoms with Crippen LogP contribution in [0.3, 0.4) is 0 Å². The van der Waals surface area contributed by atoms with Crippen LogP contribution in [-0.4, -0.2) is 12.4 Å². The molecule has 0 amide bonds. The fourth-order valence-electron chi connectivity index (χ4n) is 0.0333. The Morgan fingerprint density at radius 3 is 2.14 bits per heavy atom. The second kappa shape index (κ2) is 5.98. The van der Waals surface area contributed by atoms with E-state index in [2.05, 4.69) is 9.20 Å². The summed E-state index contributed by atoms with van der Waals surface area (Å²) in [5, 5.41) is 7.43. The summed E-state index contributed by atoms with van der Waals surface area (Å²) in [7, 11) is -1.11. The van der Waals surface area contributed by atoms with Gasteiger partial charge in [0.1, 0.15) is 0 Å². The maximum Gasteiger partial charge on any atom is 0.728 e. The molecule has 5 heteroatoms. The minimum absolute atomic E-state index is 0. The van der Waals surface area contributed by atoms with Gasteiger partial charge in [0.05, 0.1) is 11.8 Å². The molecule has 44 valence electrons. The molecule has 0 spiro atoms. The lowest BCUT2D eigenvalue weighted by Crippen LogP contribution is -1.67. The van der Waals surface area contributed by atoms with Crippen LogP contribution in [0, 0.1) is 0 Å². The lowest BCUT2D eigenvalue weighted by atomic mass is 11.8. The van der Waals surface area contributed by atoms with Crippen LogP contribution >= 0.6 is 8.25 Å². The van der Waals surface area contributed by atoms with E-state index in [9.17, 15) is 4.57 Å². The highest BCUT2D eigenvalue weighted by molar-refractivity contribution is 7.33. The van der Waals surface area contributed by atoms with Crippen molar-refractivity contribution in [3.8, 4) is 0 Å². The Balaban J connectivity index is 0. The largest absolute Gasteiger partial charge is 0.728 e. The minimum Gasteiger partial charge on any atom is -0.202 e. The minimum atomic E-state index is -2.27. The molecule has 0 saturated heterocycles. The predicted molar refractivity (Wildman–Crippen MR) is 25.1 cm³/mol. The lowest BCUT2D eigenvalue weighted by Gasteiger charge is -1.64. The van der Waals surface area contributed by atoms with Gasteiger partial charge in [-0.05, 0) is 0 Å². The standard InChI is InChI=1S/CH3O4P.CH4/c1-4-6(3)5-2;/h1H3;1H4/p+1. The first-order valence-electron chi connectivity index (χ1n) is 1.14. The molecule has 0 aromatic rings. The molecule has 0 rings (SSSR count). The normalized spacial score (nSPS) is 9.71. The van der Waals surface area contributed by atoms with Crippen molar-refractivity contribution in [2.45, 2.75) is 7.43 Å². The highest BCUT2D eigenvalue weighted by Gasteiger charge is 2.14. The first-order valence-corrected chi connectivity index (χ1v) is 2.23. The third kappa shape index (κ3) is 5.98. The van der Waals surface area contributed by atoms with Crippen LogP contribution < -0.4 is 0 Å². The molecule has 1 unspecified atom stereocenters. The van der Waals surface area contributed by atoms with E-state index in [0.29, 0.717) is 0 Å². The van der Waals surface area contributed by atoms with Gasteiger partial charge in [0, 0.05) is 4.57 Å². The van der Waals surface area contributed by atoms with Crippen LogP contribution in [0.25, 0.3) is 0 Å². The molecule has 0 saturated carbocycles. The van der Waals surface area contributed by atoms with E-state index in [1.54, 1.807) is 0 Å². The van der Waals surface area contributed by atoms with Gasteiger partial charge in [-0.1, -0.05) is 7.43 Å². The maximum atomic E-state index is 9.63.